The fourth-order valence-corrected chi connectivity index (χ4v) is 3.71. The monoisotopic (exact) mass is 385 g/mol. The van der Waals surface area contributed by atoms with Crippen LogP contribution in [0.15, 0.2) is 53.6 Å². The van der Waals surface area contributed by atoms with Gasteiger partial charge in [-0.05, 0) is 18.6 Å². The first kappa shape index (κ1) is 18.1. The van der Waals surface area contributed by atoms with E-state index in [1.54, 1.807) is 6.21 Å². The smallest absolute Gasteiger partial charge is 0.263 e. The summed E-state index contributed by atoms with van der Waals surface area (Å²) in [5.41, 5.74) is 4.40. The number of aryl methyl sites for hydroxylation is 1. The third-order valence-electron chi connectivity index (χ3n) is 3.63. The molecule has 2 amide bonds. The summed E-state index contributed by atoms with van der Waals surface area (Å²) in [4.78, 5) is 24.5. The Labute approximate surface area is 159 Å². The van der Waals surface area contributed by atoms with E-state index in [1.807, 2.05) is 55.5 Å². The first-order valence-corrected chi connectivity index (χ1v) is 9.08. The lowest BCUT2D eigenvalue weighted by Crippen LogP contribution is -2.34. The van der Waals surface area contributed by atoms with Gasteiger partial charge in [0.25, 0.3) is 11.8 Å². The minimum atomic E-state index is -0.418. The predicted molar refractivity (Wildman–Crippen MR) is 106 cm³/mol. The number of hydrogen-bond acceptors (Lipinski definition) is 4. The first-order valence-electron chi connectivity index (χ1n) is 7.88. The zero-order valence-corrected chi connectivity index (χ0v) is 15.5. The second-order valence-corrected chi connectivity index (χ2v) is 7.06. The van der Waals surface area contributed by atoms with E-state index in [2.05, 4.69) is 15.8 Å². The van der Waals surface area contributed by atoms with Crippen LogP contribution in [0.1, 0.15) is 20.8 Å². The number of amides is 2. The highest BCUT2D eigenvalue weighted by atomic mass is 35.5. The number of nitrogens with one attached hydrogen (secondary N) is 2. The third-order valence-corrected chi connectivity index (χ3v) is 5.31. The number of carbonyl (C=O) groups is 2. The van der Waals surface area contributed by atoms with Gasteiger partial charge >= 0.3 is 0 Å². The van der Waals surface area contributed by atoms with Crippen LogP contribution in [0.5, 0.6) is 0 Å². The number of carbonyl (C=O) groups excluding carboxylic acids is 2. The molecule has 1 heterocycles. The lowest BCUT2D eigenvalue weighted by atomic mass is 10.2. The Morgan fingerprint density at radius 3 is 2.62 bits per heavy atom. The van der Waals surface area contributed by atoms with Crippen LogP contribution in [0.25, 0.3) is 10.1 Å². The van der Waals surface area contributed by atoms with Crippen molar-refractivity contribution in [2.24, 2.45) is 5.10 Å². The molecule has 1 aromatic heterocycles. The third kappa shape index (κ3) is 4.28. The molecule has 0 atom stereocenters. The summed E-state index contributed by atoms with van der Waals surface area (Å²) in [5.74, 6) is -0.798. The minimum Gasteiger partial charge on any atom is -0.342 e. The summed E-state index contributed by atoms with van der Waals surface area (Å²) < 4.78 is 0.926. The van der Waals surface area contributed by atoms with E-state index < -0.39 is 5.91 Å². The summed E-state index contributed by atoms with van der Waals surface area (Å²) in [6, 6.07) is 15.2. The van der Waals surface area contributed by atoms with Gasteiger partial charge in [0.05, 0.1) is 17.8 Å². The van der Waals surface area contributed by atoms with Crippen LogP contribution >= 0.6 is 22.9 Å². The fraction of sp³-hybridized carbons (Fsp3) is 0.105. The van der Waals surface area contributed by atoms with Crippen molar-refractivity contribution in [3.63, 3.8) is 0 Å². The van der Waals surface area contributed by atoms with Gasteiger partial charge in [0.1, 0.15) is 4.88 Å². The molecule has 0 bridgehead atoms. The van der Waals surface area contributed by atoms with Gasteiger partial charge in [0.15, 0.2) is 0 Å². The topological polar surface area (TPSA) is 70.6 Å². The van der Waals surface area contributed by atoms with Crippen molar-refractivity contribution in [1.29, 1.82) is 0 Å². The van der Waals surface area contributed by atoms with Crippen molar-refractivity contribution >= 4 is 51.1 Å². The molecule has 0 unspecified atom stereocenters. The van der Waals surface area contributed by atoms with Crippen LogP contribution in [0.2, 0.25) is 5.02 Å². The first-order chi connectivity index (χ1) is 12.5. The Balaban J connectivity index is 1.54. The van der Waals surface area contributed by atoms with E-state index in [-0.39, 0.29) is 12.5 Å². The Morgan fingerprint density at radius 2 is 1.88 bits per heavy atom. The molecule has 7 heteroatoms. The Morgan fingerprint density at radius 1 is 1.15 bits per heavy atom. The molecule has 0 saturated carbocycles. The molecule has 2 aromatic carbocycles. The van der Waals surface area contributed by atoms with E-state index in [9.17, 15) is 9.59 Å². The maximum absolute atomic E-state index is 12.3. The molecule has 3 aromatic rings. The molecular weight excluding hydrogens is 370 g/mol. The largest absolute Gasteiger partial charge is 0.342 e. The number of hydrazone groups is 1. The molecule has 0 radical (unpaired) electrons. The van der Waals surface area contributed by atoms with E-state index in [1.165, 1.54) is 11.3 Å². The molecule has 0 saturated heterocycles. The highest BCUT2D eigenvalue weighted by molar-refractivity contribution is 7.21. The Bertz CT molecular complexity index is 980. The van der Waals surface area contributed by atoms with Crippen LogP contribution in [0.4, 0.5) is 0 Å². The fourth-order valence-electron chi connectivity index (χ4n) is 2.27. The van der Waals surface area contributed by atoms with Gasteiger partial charge in [-0.1, -0.05) is 59.6 Å². The molecule has 0 aliphatic heterocycles. The van der Waals surface area contributed by atoms with Crippen molar-refractivity contribution in [3.05, 3.63) is 69.6 Å². The summed E-state index contributed by atoms with van der Waals surface area (Å²) in [6.07, 6.45) is 1.54. The molecular formula is C19H16ClN3O2S. The van der Waals surface area contributed by atoms with Crippen LogP contribution in [-0.2, 0) is 4.79 Å². The highest BCUT2D eigenvalue weighted by Gasteiger charge is 2.17. The van der Waals surface area contributed by atoms with Crippen molar-refractivity contribution in [3.8, 4) is 0 Å². The summed E-state index contributed by atoms with van der Waals surface area (Å²) in [6.45, 7) is 1.81. The molecule has 0 aliphatic rings. The van der Waals surface area contributed by atoms with Crippen molar-refractivity contribution in [2.75, 3.05) is 6.54 Å². The van der Waals surface area contributed by atoms with Gasteiger partial charge in [-0.25, -0.2) is 5.43 Å². The van der Waals surface area contributed by atoms with Crippen molar-refractivity contribution in [1.82, 2.24) is 10.7 Å². The SMILES string of the molecule is Cc1ccc(C=NNC(=O)CNC(=O)c2sc3ccccc3c2Cl)cc1. The minimum absolute atomic E-state index is 0.186. The lowest BCUT2D eigenvalue weighted by molar-refractivity contribution is -0.120. The maximum atomic E-state index is 12.3. The second-order valence-electron chi connectivity index (χ2n) is 5.63. The average molecular weight is 386 g/mol. The van der Waals surface area contributed by atoms with Gasteiger partial charge in [-0.15, -0.1) is 11.3 Å². The van der Waals surface area contributed by atoms with E-state index in [0.717, 1.165) is 21.2 Å². The average Bonchev–Trinajstić information content (AvgIpc) is 2.98. The zero-order chi connectivity index (χ0) is 18.5. The van der Waals surface area contributed by atoms with E-state index in [4.69, 9.17) is 11.6 Å². The Kier molecular flexibility index (Phi) is 5.65. The highest BCUT2D eigenvalue weighted by Crippen LogP contribution is 2.34. The Hall–Kier alpha value is -2.70. The molecule has 2 N–H and O–H groups in total. The standard InChI is InChI=1S/C19H16ClN3O2S/c1-12-6-8-13(9-7-12)10-22-23-16(24)11-21-19(25)18-17(20)14-4-2-3-5-15(14)26-18/h2-10H,11H2,1H3,(H,21,25)(H,23,24). The number of rotatable bonds is 5. The number of hydrogen-bond donors (Lipinski definition) is 2. The number of nitrogens with zero attached hydrogens (tertiary/aromatic N) is 1. The maximum Gasteiger partial charge on any atom is 0.263 e. The van der Waals surface area contributed by atoms with Gasteiger partial charge in [-0.3, -0.25) is 9.59 Å². The van der Waals surface area contributed by atoms with Crippen LogP contribution in [0.3, 0.4) is 0 Å². The van der Waals surface area contributed by atoms with E-state index >= 15 is 0 Å². The van der Waals surface area contributed by atoms with Crippen LogP contribution in [-0.4, -0.2) is 24.6 Å². The second kappa shape index (κ2) is 8.12. The molecule has 132 valence electrons. The summed E-state index contributed by atoms with van der Waals surface area (Å²) in [7, 11) is 0. The quantitative estimate of drug-likeness (QED) is 0.518. The molecule has 26 heavy (non-hydrogen) atoms. The predicted octanol–water partition coefficient (Wildman–Crippen LogP) is 3.74. The lowest BCUT2D eigenvalue weighted by Gasteiger charge is -2.03. The zero-order valence-electron chi connectivity index (χ0n) is 14.0. The molecule has 3 rings (SSSR count). The van der Waals surface area contributed by atoms with Crippen LogP contribution in [0, 0.1) is 6.92 Å². The van der Waals surface area contributed by atoms with Gasteiger partial charge in [0, 0.05) is 10.1 Å². The van der Waals surface area contributed by atoms with Crippen molar-refractivity contribution in [2.45, 2.75) is 6.92 Å². The van der Waals surface area contributed by atoms with E-state index in [0.29, 0.717) is 9.90 Å². The molecule has 5 nitrogen and oxygen atoms in total. The summed E-state index contributed by atoms with van der Waals surface area (Å²) in [5, 5.41) is 7.67. The van der Waals surface area contributed by atoms with Gasteiger partial charge in [-0.2, -0.15) is 5.10 Å². The van der Waals surface area contributed by atoms with Crippen molar-refractivity contribution < 1.29 is 9.59 Å². The number of fused-ring (bicyclic) bond motifs is 1. The number of halogens is 1. The summed E-state index contributed by atoms with van der Waals surface area (Å²) >= 11 is 7.55. The molecule has 0 spiro atoms. The van der Waals surface area contributed by atoms with Crippen LogP contribution < -0.4 is 10.7 Å². The molecule has 0 aliphatic carbocycles. The number of thiophene rings is 1. The molecule has 0 fully saturated rings. The van der Waals surface area contributed by atoms with Gasteiger partial charge < -0.3 is 5.32 Å². The van der Waals surface area contributed by atoms with Gasteiger partial charge in [0.2, 0.25) is 0 Å². The number of benzene rings is 2. The normalized spacial score (nSPS) is 11.0.